The molecule has 11 heteroatoms. The first kappa shape index (κ1) is 28.0. The zero-order valence-electron chi connectivity index (χ0n) is 20.4. The predicted octanol–water partition coefficient (Wildman–Crippen LogP) is 3.16. The van der Waals surface area contributed by atoms with Crippen molar-refractivity contribution in [3.63, 3.8) is 0 Å². The molecule has 1 aliphatic rings. The molecule has 1 saturated heterocycles. The minimum atomic E-state index is -1.12. The molecular weight excluding hydrogens is 479 g/mol. The summed E-state index contributed by atoms with van der Waals surface area (Å²) >= 11 is 0. The van der Waals surface area contributed by atoms with Crippen LogP contribution in [-0.4, -0.2) is 62.9 Å². The second kappa shape index (κ2) is 12.1. The zero-order chi connectivity index (χ0) is 25.7. The summed E-state index contributed by atoms with van der Waals surface area (Å²) in [6.07, 6.45) is -1.30. The molecule has 3 N–H and O–H groups in total. The van der Waals surface area contributed by atoms with E-state index < -0.39 is 23.8 Å². The molecule has 1 aliphatic heterocycles. The Bertz CT molecular complexity index is 1200. The van der Waals surface area contributed by atoms with Crippen LogP contribution in [-0.2, 0) is 27.5 Å². The number of fused-ring (bicyclic) bond motifs is 1. The number of likely N-dealkylation sites (tertiary alicyclic amines) is 1. The Balaban J connectivity index is 0.00000380. The van der Waals surface area contributed by atoms with Crippen LogP contribution in [0, 0.1) is 0 Å². The minimum Gasteiger partial charge on any atom is -0.443 e. The van der Waals surface area contributed by atoms with Gasteiger partial charge in [-0.1, -0.05) is 43.8 Å². The summed E-state index contributed by atoms with van der Waals surface area (Å²) in [5, 5.41) is 11.4. The average molecular weight is 515 g/mol. The number of nitrogens with zero attached hydrogens (tertiary/aromatic N) is 4. The number of carbonyl (C=O) groups excluding carboxylic acids is 2. The summed E-state index contributed by atoms with van der Waals surface area (Å²) < 4.78 is 26.6. The van der Waals surface area contributed by atoms with E-state index in [4.69, 9.17) is 15.2 Å². The normalized spacial score (nSPS) is 16.3. The lowest BCUT2D eigenvalue weighted by Gasteiger charge is -2.24. The molecule has 0 spiro atoms. The topological polar surface area (TPSA) is 124 Å². The maximum Gasteiger partial charge on any atom is 0.410 e. The molecule has 2 aromatic heterocycles. The van der Waals surface area contributed by atoms with Crippen LogP contribution < -0.4 is 11.1 Å². The van der Waals surface area contributed by atoms with Crippen LogP contribution in [0.15, 0.2) is 48.5 Å². The van der Waals surface area contributed by atoms with Crippen LogP contribution in [0.5, 0.6) is 0 Å². The Kier molecular flexibility index (Phi) is 9.17. The highest BCUT2D eigenvalue weighted by Gasteiger charge is 2.29. The summed E-state index contributed by atoms with van der Waals surface area (Å²) in [7, 11) is 0. The maximum atomic E-state index is 13.5. The molecule has 3 heterocycles. The van der Waals surface area contributed by atoms with Gasteiger partial charge in [0.25, 0.3) is 0 Å². The highest BCUT2D eigenvalue weighted by Crippen LogP contribution is 2.19. The van der Waals surface area contributed by atoms with Gasteiger partial charge in [-0.05, 0) is 38.0 Å². The van der Waals surface area contributed by atoms with Crippen molar-refractivity contribution in [2.75, 3.05) is 19.7 Å². The Morgan fingerprint density at radius 3 is 2.59 bits per heavy atom. The number of amides is 2. The third-order valence-electron chi connectivity index (χ3n) is 5.86. The van der Waals surface area contributed by atoms with E-state index in [9.17, 15) is 14.0 Å². The van der Waals surface area contributed by atoms with E-state index >= 15 is 0 Å². The number of pyridine rings is 1. The number of benzene rings is 1. The Hall–Kier alpha value is -3.57. The SMILES string of the molecule is C.CC(C)(N)C(=O)N[C@H](COCc1ccccc1)c1nnc2cccc(COC(=O)N3CC[C@H](F)C3)n12. The second-order valence-corrected chi connectivity index (χ2v) is 9.40. The van der Waals surface area contributed by atoms with E-state index in [0.717, 1.165) is 5.56 Å². The van der Waals surface area contributed by atoms with Crippen LogP contribution >= 0.6 is 0 Å². The largest absolute Gasteiger partial charge is 0.443 e. The number of carbonyl (C=O) groups is 2. The fraction of sp³-hybridized carbons (Fsp3) is 0.462. The molecule has 0 radical (unpaired) electrons. The Morgan fingerprint density at radius 1 is 1.16 bits per heavy atom. The van der Waals surface area contributed by atoms with Crippen LogP contribution in [0.1, 0.15) is 50.8 Å². The molecule has 3 aromatic rings. The predicted molar refractivity (Wildman–Crippen MR) is 136 cm³/mol. The van der Waals surface area contributed by atoms with E-state index in [-0.39, 0.29) is 33.1 Å². The fourth-order valence-electron chi connectivity index (χ4n) is 3.87. The molecule has 1 fully saturated rings. The van der Waals surface area contributed by atoms with Crippen molar-refractivity contribution < 1.29 is 23.5 Å². The number of nitrogens with one attached hydrogen (secondary N) is 1. The first-order valence-electron chi connectivity index (χ1n) is 11.8. The number of alkyl halides is 1. The van der Waals surface area contributed by atoms with Crippen molar-refractivity contribution >= 4 is 17.6 Å². The van der Waals surface area contributed by atoms with Gasteiger partial charge >= 0.3 is 6.09 Å². The molecule has 200 valence electrons. The molecule has 4 rings (SSSR count). The molecule has 2 amide bonds. The molecule has 0 bridgehead atoms. The van der Waals surface area contributed by atoms with E-state index in [1.165, 1.54) is 4.90 Å². The molecular formula is C26H35FN6O4. The van der Waals surface area contributed by atoms with Crippen molar-refractivity contribution in [2.24, 2.45) is 5.73 Å². The summed E-state index contributed by atoms with van der Waals surface area (Å²) in [5.41, 5.74) is 6.97. The standard InChI is InChI=1S/C25H31FN6O4.CH4/c1-25(2,27)23(33)28-20(16-35-14-17-7-4-3-5-8-17)22-30-29-21-10-6-9-19(32(21)22)15-36-24(34)31-12-11-18(26)13-31;/h3-10,18,20H,11-16,27H2,1-2H3,(H,28,33);1H4/t18-,20+;/m0./s1. The van der Waals surface area contributed by atoms with Gasteiger partial charge in [-0.15, -0.1) is 10.2 Å². The number of ether oxygens (including phenoxy) is 2. The fourth-order valence-corrected chi connectivity index (χ4v) is 3.87. The third kappa shape index (κ3) is 7.01. The van der Waals surface area contributed by atoms with E-state index in [1.54, 1.807) is 36.4 Å². The maximum absolute atomic E-state index is 13.5. The first-order chi connectivity index (χ1) is 17.2. The van der Waals surface area contributed by atoms with E-state index in [0.29, 0.717) is 36.7 Å². The highest BCUT2D eigenvalue weighted by molar-refractivity contribution is 5.85. The lowest BCUT2D eigenvalue weighted by atomic mass is 10.1. The molecule has 2 atom stereocenters. The molecule has 10 nitrogen and oxygen atoms in total. The molecule has 0 saturated carbocycles. The van der Waals surface area contributed by atoms with Gasteiger partial charge in [0.05, 0.1) is 31.0 Å². The quantitative estimate of drug-likeness (QED) is 0.449. The van der Waals surface area contributed by atoms with Gasteiger partial charge in [0.15, 0.2) is 11.5 Å². The van der Waals surface area contributed by atoms with Gasteiger partial charge in [-0.3, -0.25) is 9.20 Å². The smallest absolute Gasteiger partial charge is 0.410 e. The van der Waals surface area contributed by atoms with Gasteiger partial charge in [0.2, 0.25) is 5.91 Å². The summed E-state index contributed by atoms with van der Waals surface area (Å²) in [6, 6.07) is 14.3. The third-order valence-corrected chi connectivity index (χ3v) is 5.86. The lowest BCUT2D eigenvalue weighted by molar-refractivity contribution is -0.126. The first-order valence-corrected chi connectivity index (χ1v) is 11.8. The Morgan fingerprint density at radius 2 is 1.92 bits per heavy atom. The average Bonchev–Trinajstić information content (AvgIpc) is 3.48. The highest BCUT2D eigenvalue weighted by atomic mass is 19.1. The molecule has 0 aliphatic carbocycles. The van der Waals surface area contributed by atoms with Gasteiger partial charge in [0, 0.05) is 6.54 Å². The van der Waals surface area contributed by atoms with Gasteiger partial charge in [-0.2, -0.15) is 0 Å². The van der Waals surface area contributed by atoms with Gasteiger partial charge < -0.3 is 25.4 Å². The molecule has 1 aromatic carbocycles. The summed E-state index contributed by atoms with van der Waals surface area (Å²) in [4.78, 5) is 26.5. The minimum absolute atomic E-state index is 0. The van der Waals surface area contributed by atoms with Crippen molar-refractivity contribution in [3.8, 4) is 0 Å². The number of hydrogen-bond acceptors (Lipinski definition) is 7. The Labute approximate surface area is 215 Å². The van der Waals surface area contributed by atoms with Crippen molar-refractivity contribution in [1.29, 1.82) is 0 Å². The zero-order valence-corrected chi connectivity index (χ0v) is 20.4. The van der Waals surface area contributed by atoms with Gasteiger partial charge in [0.1, 0.15) is 18.8 Å². The summed E-state index contributed by atoms with van der Waals surface area (Å²) in [5.74, 6) is 0.0265. The van der Waals surface area contributed by atoms with E-state index in [1.807, 2.05) is 30.3 Å². The number of nitrogens with two attached hydrogens (primary N) is 1. The van der Waals surface area contributed by atoms with E-state index in [2.05, 4.69) is 15.5 Å². The number of halogens is 1. The van der Waals surface area contributed by atoms with Crippen LogP contribution in [0.3, 0.4) is 0 Å². The van der Waals surface area contributed by atoms with Crippen LogP contribution in [0.2, 0.25) is 0 Å². The molecule has 37 heavy (non-hydrogen) atoms. The number of aromatic nitrogens is 3. The number of hydrogen-bond donors (Lipinski definition) is 2. The summed E-state index contributed by atoms with van der Waals surface area (Å²) in [6.45, 7) is 3.94. The van der Waals surface area contributed by atoms with Crippen LogP contribution in [0.4, 0.5) is 9.18 Å². The monoisotopic (exact) mass is 514 g/mol. The van der Waals surface area contributed by atoms with Crippen molar-refractivity contribution in [1.82, 2.24) is 24.8 Å². The molecule has 0 unspecified atom stereocenters. The van der Waals surface area contributed by atoms with Crippen LogP contribution in [0.25, 0.3) is 5.65 Å². The second-order valence-electron chi connectivity index (χ2n) is 9.40. The van der Waals surface area contributed by atoms with Crippen molar-refractivity contribution in [3.05, 3.63) is 65.6 Å². The number of rotatable bonds is 9. The van der Waals surface area contributed by atoms with Gasteiger partial charge in [-0.25, -0.2) is 9.18 Å². The van der Waals surface area contributed by atoms with Crippen molar-refractivity contribution in [2.45, 2.75) is 58.7 Å². The lowest BCUT2D eigenvalue weighted by Crippen LogP contribution is -2.51.